The summed E-state index contributed by atoms with van der Waals surface area (Å²) in [6.45, 7) is 0. The molecule has 0 unspecified atom stereocenters. The minimum absolute atomic E-state index is 0.0578. The first-order chi connectivity index (χ1) is 13.3. The molecule has 0 bridgehead atoms. The first kappa shape index (κ1) is 19.5. The molecule has 0 aliphatic carbocycles. The lowest BCUT2D eigenvalue weighted by Crippen LogP contribution is -2.16. The first-order valence-electron chi connectivity index (χ1n) is 8.08. The van der Waals surface area contributed by atoms with Crippen LogP contribution in [0.4, 0.5) is 11.6 Å². The molecule has 0 atom stereocenters. The third-order valence-corrected chi connectivity index (χ3v) is 5.36. The van der Waals surface area contributed by atoms with Crippen molar-refractivity contribution >= 4 is 32.8 Å². The summed E-state index contributed by atoms with van der Waals surface area (Å²) in [5, 5.41) is 4.11. The van der Waals surface area contributed by atoms with Crippen LogP contribution >= 0.6 is 0 Å². The van der Waals surface area contributed by atoms with Gasteiger partial charge in [0.1, 0.15) is 28.5 Å². The summed E-state index contributed by atoms with van der Waals surface area (Å²) in [6.07, 6.45) is 0. The van der Waals surface area contributed by atoms with Crippen LogP contribution in [0.3, 0.4) is 0 Å². The number of nitrogens with one attached hydrogen (secondary N) is 1. The summed E-state index contributed by atoms with van der Waals surface area (Å²) in [5.74, 6) is 1.12. The Bertz CT molecular complexity index is 1090. The number of nitrogens with zero attached hydrogens (tertiary/aromatic N) is 3. The van der Waals surface area contributed by atoms with E-state index in [0.29, 0.717) is 17.0 Å². The summed E-state index contributed by atoms with van der Waals surface area (Å²) >= 11 is 0. The Kier molecular flexibility index (Phi) is 5.18. The highest BCUT2D eigenvalue weighted by molar-refractivity contribution is 7.93. The number of rotatable bonds is 7. The zero-order valence-electron chi connectivity index (χ0n) is 16.0. The number of fused-ring (bicyclic) bond motifs is 1. The molecule has 0 saturated carbocycles. The average Bonchev–Trinajstić information content (AvgIpc) is 3.08. The molecule has 3 rings (SSSR count). The van der Waals surface area contributed by atoms with Crippen molar-refractivity contribution < 1.29 is 27.2 Å². The number of hydrogen-bond acceptors (Lipinski definition) is 9. The standard InChI is InChI=1S/C17H20N4O6S/c1-21(2)13-9-12(26-5)14-16(19-27-17(14)18-13)20-28(22,23)15-10(24-3)7-6-8-11(15)25-4/h6-9H,1-5H3,(H,19,20). The van der Waals surface area contributed by atoms with E-state index in [9.17, 15) is 8.42 Å². The number of hydrogen-bond donors (Lipinski definition) is 1. The van der Waals surface area contributed by atoms with Crippen LogP contribution in [0.15, 0.2) is 33.7 Å². The normalized spacial score (nSPS) is 11.3. The van der Waals surface area contributed by atoms with E-state index in [-0.39, 0.29) is 27.9 Å². The molecule has 150 valence electrons. The van der Waals surface area contributed by atoms with Crippen LogP contribution in [0, 0.1) is 0 Å². The first-order valence-corrected chi connectivity index (χ1v) is 9.56. The third-order valence-electron chi connectivity index (χ3n) is 3.96. The van der Waals surface area contributed by atoms with Gasteiger partial charge >= 0.3 is 0 Å². The monoisotopic (exact) mass is 408 g/mol. The number of pyridine rings is 1. The minimum atomic E-state index is -4.13. The lowest BCUT2D eigenvalue weighted by atomic mass is 10.3. The fourth-order valence-electron chi connectivity index (χ4n) is 2.63. The zero-order valence-corrected chi connectivity index (χ0v) is 16.8. The molecule has 2 aromatic heterocycles. The van der Waals surface area contributed by atoms with Crippen molar-refractivity contribution in [2.45, 2.75) is 4.90 Å². The molecule has 2 heterocycles. The molecular weight excluding hydrogens is 388 g/mol. The van der Waals surface area contributed by atoms with Gasteiger partial charge in [-0.2, -0.15) is 4.98 Å². The molecule has 28 heavy (non-hydrogen) atoms. The van der Waals surface area contributed by atoms with Crippen LogP contribution in [-0.2, 0) is 10.0 Å². The zero-order chi connectivity index (χ0) is 20.5. The lowest BCUT2D eigenvalue weighted by Gasteiger charge is -2.14. The Morgan fingerprint density at radius 2 is 1.64 bits per heavy atom. The van der Waals surface area contributed by atoms with E-state index in [0.717, 1.165) is 0 Å². The van der Waals surface area contributed by atoms with E-state index >= 15 is 0 Å². The number of benzene rings is 1. The van der Waals surface area contributed by atoms with Gasteiger partial charge in [0.2, 0.25) is 0 Å². The van der Waals surface area contributed by atoms with Gasteiger partial charge in [-0.1, -0.05) is 11.2 Å². The fraction of sp³-hybridized carbons (Fsp3) is 0.294. The number of ether oxygens (including phenoxy) is 3. The highest BCUT2D eigenvalue weighted by Gasteiger charge is 2.28. The maximum atomic E-state index is 13.1. The Hall–Kier alpha value is -3.21. The summed E-state index contributed by atoms with van der Waals surface area (Å²) in [4.78, 5) is 5.91. The Morgan fingerprint density at radius 3 is 2.18 bits per heavy atom. The molecule has 1 aromatic carbocycles. The molecular formula is C17H20N4O6S. The van der Waals surface area contributed by atoms with Crippen molar-refractivity contribution in [2.75, 3.05) is 45.0 Å². The molecule has 0 aliphatic heterocycles. The van der Waals surface area contributed by atoms with E-state index in [4.69, 9.17) is 18.7 Å². The predicted octanol–water partition coefficient (Wildman–Crippen LogP) is 2.12. The van der Waals surface area contributed by atoms with E-state index < -0.39 is 10.0 Å². The molecule has 3 aromatic rings. The molecule has 0 saturated heterocycles. The lowest BCUT2D eigenvalue weighted by molar-refractivity contribution is 0.373. The maximum Gasteiger partial charge on any atom is 0.270 e. The van der Waals surface area contributed by atoms with E-state index in [1.54, 1.807) is 17.0 Å². The summed E-state index contributed by atoms with van der Waals surface area (Å²) < 4.78 is 49.5. The molecule has 0 amide bonds. The number of anilines is 2. The van der Waals surface area contributed by atoms with Crippen LogP contribution in [0.2, 0.25) is 0 Å². The van der Waals surface area contributed by atoms with Gasteiger partial charge in [-0.05, 0) is 12.1 Å². The topological polar surface area (TPSA) is 116 Å². The van der Waals surface area contributed by atoms with Gasteiger partial charge in [0.25, 0.3) is 15.7 Å². The van der Waals surface area contributed by atoms with Crippen molar-refractivity contribution in [3.8, 4) is 17.2 Å². The Labute approximate surface area is 162 Å². The maximum absolute atomic E-state index is 13.1. The molecule has 10 nitrogen and oxygen atoms in total. The molecule has 11 heteroatoms. The Morgan fingerprint density at radius 1 is 1.04 bits per heavy atom. The summed E-state index contributed by atoms with van der Waals surface area (Å²) in [5.41, 5.74) is 0.132. The molecule has 0 aliphatic rings. The van der Waals surface area contributed by atoms with Gasteiger partial charge in [-0.25, -0.2) is 8.42 Å². The summed E-state index contributed by atoms with van der Waals surface area (Å²) in [6, 6.07) is 6.31. The third kappa shape index (κ3) is 3.36. The SMILES string of the molecule is COc1cccc(OC)c1S(=O)(=O)Nc1noc2nc(N(C)C)cc(OC)c12. The second kappa shape index (κ2) is 7.43. The molecule has 0 radical (unpaired) electrons. The van der Waals surface area contributed by atoms with Crippen LogP contribution in [-0.4, -0.2) is 54.0 Å². The summed E-state index contributed by atoms with van der Waals surface area (Å²) in [7, 11) is 3.69. The van der Waals surface area contributed by atoms with E-state index in [1.165, 1.54) is 33.5 Å². The van der Waals surface area contributed by atoms with Gasteiger partial charge in [0, 0.05) is 20.2 Å². The van der Waals surface area contributed by atoms with Crippen molar-refractivity contribution in [3.63, 3.8) is 0 Å². The van der Waals surface area contributed by atoms with E-state index in [1.807, 2.05) is 14.1 Å². The quantitative estimate of drug-likeness (QED) is 0.627. The van der Waals surface area contributed by atoms with Gasteiger partial charge in [0.15, 0.2) is 10.7 Å². The van der Waals surface area contributed by atoms with E-state index in [2.05, 4.69) is 14.9 Å². The molecule has 0 spiro atoms. The Balaban J connectivity index is 2.13. The van der Waals surface area contributed by atoms with Gasteiger partial charge in [-0.3, -0.25) is 4.72 Å². The van der Waals surface area contributed by atoms with Crippen LogP contribution in [0.5, 0.6) is 17.2 Å². The van der Waals surface area contributed by atoms with Gasteiger partial charge in [0.05, 0.1) is 21.3 Å². The predicted molar refractivity (Wildman–Crippen MR) is 103 cm³/mol. The number of aromatic nitrogens is 2. The largest absolute Gasteiger partial charge is 0.496 e. The van der Waals surface area contributed by atoms with Gasteiger partial charge < -0.3 is 23.6 Å². The second-order valence-corrected chi connectivity index (χ2v) is 7.50. The van der Waals surface area contributed by atoms with Crippen LogP contribution in [0.25, 0.3) is 11.1 Å². The number of sulfonamides is 1. The average molecular weight is 408 g/mol. The van der Waals surface area contributed by atoms with Gasteiger partial charge in [-0.15, -0.1) is 0 Å². The van der Waals surface area contributed by atoms with Crippen LogP contribution < -0.4 is 23.8 Å². The second-order valence-electron chi connectivity index (χ2n) is 5.89. The smallest absolute Gasteiger partial charge is 0.270 e. The highest BCUT2D eigenvalue weighted by atomic mass is 32.2. The van der Waals surface area contributed by atoms with Crippen molar-refractivity contribution in [1.82, 2.24) is 10.1 Å². The van der Waals surface area contributed by atoms with Crippen LogP contribution in [0.1, 0.15) is 0 Å². The molecule has 1 N–H and O–H groups in total. The molecule has 0 fully saturated rings. The van der Waals surface area contributed by atoms with Crippen molar-refractivity contribution in [3.05, 3.63) is 24.3 Å². The van der Waals surface area contributed by atoms with Crippen molar-refractivity contribution in [1.29, 1.82) is 0 Å². The van der Waals surface area contributed by atoms with Crippen molar-refractivity contribution in [2.24, 2.45) is 0 Å². The number of methoxy groups -OCH3 is 3. The minimum Gasteiger partial charge on any atom is -0.496 e. The fourth-order valence-corrected chi connectivity index (χ4v) is 3.95. The highest BCUT2D eigenvalue weighted by Crippen LogP contribution is 2.38.